The summed E-state index contributed by atoms with van der Waals surface area (Å²) in [5.74, 6) is -1.02. The van der Waals surface area contributed by atoms with Crippen LogP contribution in [-0.4, -0.2) is 36.2 Å². The lowest BCUT2D eigenvalue weighted by atomic mass is 9.95. The number of amides is 1. The molecule has 0 aliphatic heterocycles. The van der Waals surface area contributed by atoms with Crippen LogP contribution in [0.4, 0.5) is 9.18 Å². The molecule has 3 aromatic rings. The second-order valence-corrected chi connectivity index (χ2v) is 8.70. The van der Waals surface area contributed by atoms with E-state index in [9.17, 15) is 9.59 Å². The van der Waals surface area contributed by atoms with E-state index in [1.165, 1.54) is 13.2 Å². The average molecular weight is 469 g/mol. The predicted molar refractivity (Wildman–Crippen MR) is 127 cm³/mol. The SMILES string of the molecule is CCOc1nccc2c(C(=O)c3ccc(C(C)NC(=O)OC(C)(C)C)c(OC)c3F)cccc12. The second-order valence-electron chi connectivity index (χ2n) is 8.70. The first-order chi connectivity index (χ1) is 16.1. The molecule has 0 fully saturated rings. The van der Waals surface area contributed by atoms with Crippen molar-refractivity contribution in [1.29, 1.82) is 0 Å². The van der Waals surface area contributed by atoms with Gasteiger partial charge < -0.3 is 19.5 Å². The highest BCUT2D eigenvalue weighted by atomic mass is 19.1. The number of nitrogens with one attached hydrogen (secondary N) is 1. The fourth-order valence-corrected chi connectivity index (χ4v) is 3.63. The fraction of sp³-hybridized carbons (Fsp3) is 0.346. The number of halogens is 1. The Kier molecular flexibility index (Phi) is 7.39. The van der Waals surface area contributed by atoms with Crippen LogP contribution in [0.25, 0.3) is 10.8 Å². The van der Waals surface area contributed by atoms with Crippen LogP contribution in [-0.2, 0) is 4.74 Å². The minimum Gasteiger partial charge on any atom is -0.493 e. The quantitative estimate of drug-likeness (QED) is 0.455. The zero-order valence-corrected chi connectivity index (χ0v) is 20.2. The van der Waals surface area contributed by atoms with E-state index >= 15 is 4.39 Å². The van der Waals surface area contributed by atoms with Crippen molar-refractivity contribution in [2.45, 2.75) is 46.3 Å². The van der Waals surface area contributed by atoms with Crippen molar-refractivity contribution in [1.82, 2.24) is 10.3 Å². The summed E-state index contributed by atoms with van der Waals surface area (Å²) in [7, 11) is 1.31. The Hall–Kier alpha value is -3.68. The molecule has 0 saturated heterocycles. The van der Waals surface area contributed by atoms with Crippen LogP contribution in [0.15, 0.2) is 42.6 Å². The lowest BCUT2D eigenvalue weighted by Crippen LogP contribution is -2.34. The number of rotatable bonds is 7. The van der Waals surface area contributed by atoms with Gasteiger partial charge in [0.1, 0.15) is 5.60 Å². The third kappa shape index (κ3) is 5.27. The Morgan fingerprint density at radius 2 is 1.82 bits per heavy atom. The maximum atomic E-state index is 15.5. The van der Waals surface area contributed by atoms with E-state index in [-0.39, 0.29) is 11.3 Å². The third-order valence-corrected chi connectivity index (χ3v) is 5.07. The molecule has 8 heteroatoms. The van der Waals surface area contributed by atoms with Crippen LogP contribution in [0.2, 0.25) is 0 Å². The van der Waals surface area contributed by atoms with Gasteiger partial charge in [0, 0.05) is 22.7 Å². The monoisotopic (exact) mass is 468 g/mol. The highest BCUT2D eigenvalue weighted by Gasteiger charge is 2.26. The van der Waals surface area contributed by atoms with Gasteiger partial charge in [-0.25, -0.2) is 14.2 Å². The molecule has 0 bridgehead atoms. The number of pyridine rings is 1. The molecule has 0 radical (unpaired) electrons. The molecule has 7 nitrogen and oxygen atoms in total. The summed E-state index contributed by atoms with van der Waals surface area (Å²) in [6, 6.07) is 9.17. The molecule has 1 atom stereocenters. The van der Waals surface area contributed by atoms with Crippen LogP contribution in [0, 0.1) is 5.82 Å². The molecule has 180 valence electrons. The molecule has 1 N–H and O–H groups in total. The summed E-state index contributed by atoms with van der Waals surface area (Å²) >= 11 is 0. The van der Waals surface area contributed by atoms with Crippen LogP contribution in [0.1, 0.15) is 62.1 Å². The van der Waals surface area contributed by atoms with Gasteiger partial charge in [0.05, 0.1) is 25.3 Å². The normalized spacial score (nSPS) is 12.2. The molecule has 34 heavy (non-hydrogen) atoms. The molecule has 1 heterocycles. The van der Waals surface area contributed by atoms with Crippen LogP contribution in [0.5, 0.6) is 11.6 Å². The smallest absolute Gasteiger partial charge is 0.408 e. The number of carbonyl (C=O) groups excluding carboxylic acids is 2. The van der Waals surface area contributed by atoms with Crippen molar-refractivity contribution in [2.75, 3.05) is 13.7 Å². The van der Waals surface area contributed by atoms with Gasteiger partial charge >= 0.3 is 6.09 Å². The Labute approximate surface area is 198 Å². The molecule has 0 aliphatic carbocycles. The molecule has 0 spiro atoms. The van der Waals surface area contributed by atoms with Gasteiger partial charge in [0.2, 0.25) is 5.88 Å². The summed E-state index contributed by atoms with van der Waals surface area (Å²) in [6.45, 7) is 9.19. The minimum atomic E-state index is -0.807. The first-order valence-electron chi connectivity index (χ1n) is 11.0. The number of methoxy groups -OCH3 is 1. The van der Waals surface area contributed by atoms with E-state index < -0.39 is 29.3 Å². The largest absolute Gasteiger partial charge is 0.493 e. The molecule has 1 amide bonds. The van der Waals surface area contributed by atoms with E-state index in [0.717, 1.165) is 0 Å². The standard InChI is InChI=1S/C26H29FN2O5/c1-7-33-24-19-10-8-9-18(17(19)13-14-28-24)22(30)20-12-11-16(23(32-6)21(20)27)15(2)29-25(31)34-26(3,4)5/h8-15H,7H2,1-6H3,(H,29,31). The number of benzene rings is 2. The van der Waals surface area contributed by atoms with Gasteiger partial charge in [-0.15, -0.1) is 0 Å². The van der Waals surface area contributed by atoms with Crippen molar-refractivity contribution < 1.29 is 28.2 Å². The number of alkyl carbamates (subject to hydrolysis) is 1. The van der Waals surface area contributed by atoms with Crippen LogP contribution < -0.4 is 14.8 Å². The highest BCUT2D eigenvalue weighted by molar-refractivity contribution is 6.17. The first-order valence-corrected chi connectivity index (χ1v) is 11.0. The Bertz CT molecular complexity index is 1220. The Balaban J connectivity index is 1.98. The molecule has 0 saturated carbocycles. The lowest BCUT2D eigenvalue weighted by molar-refractivity contribution is 0.0507. The summed E-state index contributed by atoms with van der Waals surface area (Å²) in [6.07, 6.45) is 0.908. The molecule has 2 aromatic carbocycles. The van der Waals surface area contributed by atoms with Crippen molar-refractivity contribution in [3.63, 3.8) is 0 Å². The topological polar surface area (TPSA) is 86.8 Å². The summed E-state index contributed by atoms with van der Waals surface area (Å²) in [5.41, 5.74) is -0.129. The van der Waals surface area contributed by atoms with Crippen molar-refractivity contribution in [3.8, 4) is 11.6 Å². The van der Waals surface area contributed by atoms with E-state index in [1.807, 2.05) is 6.92 Å². The van der Waals surface area contributed by atoms with Gasteiger partial charge in [-0.3, -0.25) is 4.79 Å². The average Bonchev–Trinajstić information content (AvgIpc) is 2.77. The number of fused-ring (bicyclic) bond motifs is 1. The summed E-state index contributed by atoms with van der Waals surface area (Å²) in [5, 5.41) is 3.93. The molecule has 1 unspecified atom stereocenters. The van der Waals surface area contributed by atoms with Crippen molar-refractivity contribution >= 4 is 22.6 Å². The summed E-state index contributed by atoms with van der Waals surface area (Å²) in [4.78, 5) is 29.8. The second kappa shape index (κ2) is 10.1. The number of aromatic nitrogens is 1. The van der Waals surface area contributed by atoms with Gasteiger partial charge in [-0.1, -0.05) is 18.2 Å². The van der Waals surface area contributed by atoms with Gasteiger partial charge in [-0.05, 0) is 58.2 Å². The fourth-order valence-electron chi connectivity index (χ4n) is 3.63. The van der Waals surface area contributed by atoms with E-state index in [4.69, 9.17) is 14.2 Å². The molecular formula is C26H29FN2O5. The first kappa shape index (κ1) is 25.0. The van der Waals surface area contributed by atoms with Gasteiger partial charge in [0.15, 0.2) is 17.3 Å². The maximum Gasteiger partial charge on any atom is 0.408 e. The van der Waals surface area contributed by atoms with Crippen LogP contribution in [0.3, 0.4) is 0 Å². The highest BCUT2D eigenvalue weighted by Crippen LogP contribution is 2.33. The van der Waals surface area contributed by atoms with Crippen molar-refractivity contribution in [2.24, 2.45) is 0 Å². The zero-order chi connectivity index (χ0) is 25.0. The van der Waals surface area contributed by atoms with E-state index in [2.05, 4.69) is 10.3 Å². The maximum absolute atomic E-state index is 15.5. The summed E-state index contributed by atoms with van der Waals surface area (Å²) < 4.78 is 31.6. The van der Waals surface area contributed by atoms with Crippen LogP contribution >= 0.6 is 0 Å². The third-order valence-electron chi connectivity index (χ3n) is 5.07. The lowest BCUT2D eigenvalue weighted by Gasteiger charge is -2.23. The Morgan fingerprint density at radius 3 is 2.47 bits per heavy atom. The zero-order valence-electron chi connectivity index (χ0n) is 20.2. The predicted octanol–water partition coefficient (Wildman–Crippen LogP) is 5.60. The number of ketones is 1. The number of hydrogen-bond acceptors (Lipinski definition) is 6. The molecular weight excluding hydrogens is 439 g/mol. The minimum absolute atomic E-state index is 0.119. The van der Waals surface area contributed by atoms with Gasteiger partial charge in [-0.2, -0.15) is 0 Å². The number of carbonyl (C=O) groups is 2. The molecule has 3 rings (SSSR count). The van der Waals surface area contributed by atoms with E-state index in [0.29, 0.717) is 34.4 Å². The number of nitrogens with zero attached hydrogens (tertiary/aromatic N) is 1. The van der Waals surface area contributed by atoms with Gasteiger partial charge in [0.25, 0.3) is 0 Å². The number of hydrogen-bond donors (Lipinski definition) is 1. The molecule has 1 aromatic heterocycles. The Morgan fingerprint density at radius 1 is 1.09 bits per heavy atom. The number of ether oxygens (including phenoxy) is 3. The van der Waals surface area contributed by atoms with Crippen molar-refractivity contribution in [3.05, 3.63) is 65.1 Å². The molecule has 0 aliphatic rings. The van der Waals surface area contributed by atoms with E-state index in [1.54, 1.807) is 64.2 Å².